The SMILES string of the molecule is CCOC1CC(N)(C(=O)N2CCN(Cc3cc(C)on3)CC2)C1(C)C. The molecule has 7 heteroatoms. The van der Waals surface area contributed by atoms with Gasteiger partial charge in [-0.3, -0.25) is 9.69 Å². The highest BCUT2D eigenvalue weighted by atomic mass is 16.5. The Morgan fingerprint density at radius 1 is 1.40 bits per heavy atom. The van der Waals surface area contributed by atoms with E-state index < -0.39 is 5.54 Å². The van der Waals surface area contributed by atoms with Crippen molar-refractivity contribution >= 4 is 5.91 Å². The maximum atomic E-state index is 13.0. The molecular formula is C18H30N4O3. The molecule has 2 heterocycles. The van der Waals surface area contributed by atoms with E-state index in [4.69, 9.17) is 15.0 Å². The number of aryl methyl sites for hydroxylation is 1. The van der Waals surface area contributed by atoms with Gasteiger partial charge in [-0.2, -0.15) is 0 Å². The van der Waals surface area contributed by atoms with Crippen LogP contribution in [0.5, 0.6) is 0 Å². The molecule has 1 aliphatic heterocycles. The van der Waals surface area contributed by atoms with Crippen LogP contribution in [0.4, 0.5) is 0 Å². The summed E-state index contributed by atoms with van der Waals surface area (Å²) in [6, 6.07) is 1.96. The van der Waals surface area contributed by atoms with Crippen LogP contribution in [-0.4, -0.2) is 65.3 Å². The number of carbonyl (C=O) groups is 1. The zero-order valence-electron chi connectivity index (χ0n) is 15.7. The van der Waals surface area contributed by atoms with Crippen molar-refractivity contribution in [3.8, 4) is 0 Å². The predicted molar refractivity (Wildman–Crippen MR) is 93.8 cm³/mol. The van der Waals surface area contributed by atoms with Gasteiger partial charge < -0.3 is 19.9 Å². The molecule has 7 nitrogen and oxygen atoms in total. The fraction of sp³-hybridized carbons (Fsp3) is 0.778. The molecule has 0 aromatic carbocycles. The van der Waals surface area contributed by atoms with Gasteiger partial charge in [0, 0.05) is 57.2 Å². The minimum absolute atomic E-state index is 0.0585. The number of hydrogen-bond acceptors (Lipinski definition) is 6. The van der Waals surface area contributed by atoms with E-state index in [0.717, 1.165) is 31.1 Å². The molecule has 0 spiro atoms. The van der Waals surface area contributed by atoms with Crippen LogP contribution in [0.1, 0.15) is 38.6 Å². The molecule has 1 amide bonds. The number of piperazine rings is 1. The highest BCUT2D eigenvalue weighted by Crippen LogP contribution is 2.50. The number of hydrogen-bond donors (Lipinski definition) is 1. The number of aromatic nitrogens is 1. The standard InChI is InChI=1S/C18H30N4O3/c1-5-24-15-11-18(19,17(15,3)4)16(23)22-8-6-21(7-9-22)12-14-10-13(2)25-20-14/h10,15H,5-9,11-12,19H2,1-4H3. The lowest BCUT2D eigenvalue weighted by atomic mass is 9.54. The summed E-state index contributed by atoms with van der Waals surface area (Å²) in [6.07, 6.45) is 0.661. The van der Waals surface area contributed by atoms with E-state index in [1.807, 2.05) is 38.7 Å². The third-order valence-electron chi connectivity index (χ3n) is 5.93. The Bertz CT molecular complexity index is 622. The Hall–Kier alpha value is -1.44. The number of amides is 1. The summed E-state index contributed by atoms with van der Waals surface area (Å²) in [5.74, 6) is 0.885. The number of nitrogens with zero attached hydrogens (tertiary/aromatic N) is 3. The topological polar surface area (TPSA) is 84.8 Å². The molecule has 2 unspecified atom stereocenters. The number of ether oxygens (including phenoxy) is 1. The largest absolute Gasteiger partial charge is 0.378 e. The van der Waals surface area contributed by atoms with Gasteiger partial charge in [-0.05, 0) is 13.8 Å². The number of carbonyl (C=O) groups excluding carboxylic acids is 1. The molecule has 1 saturated heterocycles. The minimum Gasteiger partial charge on any atom is -0.378 e. The second kappa shape index (κ2) is 6.70. The van der Waals surface area contributed by atoms with E-state index in [1.54, 1.807) is 0 Å². The van der Waals surface area contributed by atoms with E-state index >= 15 is 0 Å². The highest BCUT2D eigenvalue weighted by Gasteiger charge is 2.63. The molecule has 0 bridgehead atoms. The molecule has 1 aliphatic carbocycles. The van der Waals surface area contributed by atoms with Crippen LogP contribution in [0.25, 0.3) is 0 Å². The van der Waals surface area contributed by atoms with E-state index in [-0.39, 0.29) is 17.4 Å². The normalized spacial score (nSPS) is 29.5. The maximum Gasteiger partial charge on any atom is 0.243 e. The highest BCUT2D eigenvalue weighted by molar-refractivity contribution is 5.89. The van der Waals surface area contributed by atoms with Crippen molar-refractivity contribution < 1.29 is 14.1 Å². The molecule has 1 saturated carbocycles. The summed E-state index contributed by atoms with van der Waals surface area (Å²) in [5.41, 5.74) is 6.31. The van der Waals surface area contributed by atoms with Gasteiger partial charge >= 0.3 is 0 Å². The molecule has 0 radical (unpaired) electrons. The molecule has 25 heavy (non-hydrogen) atoms. The first-order valence-corrected chi connectivity index (χ1v) is 9.12. The molecule has 2 fully saturated rings. The van der Waals surface area contributed by atoms with E-state index in [0.29, 0.717) is 26.1 Å². The first-order valence-electron chi connectivity index (χ1n) is 9.12. The first kappa shape index (κ1) is 18.4. The van der Waals surface area contributed by atoms with Gasteiger partial charge in [-0.25, -0.2) is 0 Å². The Morgan fingerprint density at radius 2 is 2.08 bits per heavy atom. The van der Waals surface area contributed by atoms with E-state index in [9.17, 15) is 4.79 Å². The van der Waals surface area contributed by atoms with Crippen LogP contribution >= 0.6 is 0 Å². The van der Waals surface area contributed by atoms with Crippen molar-refractivity contribution in [2.24, 2.45) is 11.1 Å². The van der Waals surface area contributed by atoms with Crippen LogP contribution in [0, 0.1) is 12.3 Å². The Balaban J connectivity index is 1.55. The van der Waals surface area contributed by atoms with E-state index in [1.165, 1.54) is 0 Å². The van der Waals surface area contributed by atoms with Gasteiger partial charge in [0.1, 0.15) is 11.3 Å². The second-order valence-corrected chi connectivity index (χ2v) is 7.84. The quantitative estimate of drug-likeness (QED) is 0.858. The van der Waals surface area contributed by atoms with Crippen molar-refractivity contribution in [2.75, 3.05) is 32.8 Å². The molecule has 1 aromatic heterocycles. The fourth-order valence-electron chi connectivity index (χ4n) is 3.91. The number of rotatable bonds is 5. The molecule has 1 aromatic rings. The van der Waals surface area contributed by atoms with Gasteiger partial charge in [0.05, 0.1) is 11.8 Å². The van der Waals surface area contributed by atoms with Crippen molar-refractivity contribution in [3.05, 3.63) is 17.5 Å². The van der Waals surface area contributed by atoms with Crippen LogP contribution < -0.4 is 5.73 Å². The molecule has 2 aliphatic rings. The lowest BCUT2D eigenvalue weighted by Crippen LogP contribution is -2.76. The smallest absolute Gasteiger partial charge is 0.243 e. The molecule has 140 valence electrons. The number of nitrogens with two attached hydrogens (primary N) is 1. The summed E-state index contributed by atoms with van der Waals surface area (Å²) in [7, 11) is 0. The van der Waals surface area contributed by atoms with Crippen LogP contribution in [0.15, 0.2) is 10.6 Å². The summed E-state index contributed by atoms with van der Waals surface area (Å²) in [6.45, 7) is 12.4. The fourth-order valence-corrected chi connectivity index (χ4v) is 3.91. The maximum absolute atomic E-state index is 13.0. The summed E-state index contributed by atoms with van der Waals surface area (Å²) >= 11 is 0. The van der Waals surface area contributed by atoms with Crippen molar-refractivity contribution in [3.63, 3.8) is 0 Å². The van der Waals surface area contributed by atoms with Crippen LogP contribution in [-0.2, 0) is 16.1 Å². The van der Waals surface area contributed by atoms with E-state index in [2.05, 4.69) is 10.1 Å². The summed E-state index contributed by atoms with van der Waals surface area (Å²) < 4.78 is 10.9. The predicted octanol–water partition coefficient (Wildman–Crippen LogP) is 1.16. The summed E-state index contributed by atoms with van der Waals surface area (Å²) in [4.78, 5) is 17.2. The summed E-state index contributed by atoms with van der Waals surface area (Å²) in [5, 5.41) is 4.04. The van der Waals surface area contributed by atoms with Gasteiger partial charge in [0.15, 0.2) is 0 Å². The molecular weight excluding hydrogens is 320 g/mol. The lowest BCUT2D eigenvalue weighted by Gasteiger charge is -2.59. The van der Waals surface area contributed by atoms with Gasteiger partial charge in [-0.15, -0.1) is 0 Å². The monoisotopic (exact) mass is 350 g/mol. The lowest BCUT2D eigenvalue weighted by molar-refractivity contribution is -0.180. The average molecular weight is 350 g/mol. The third-order valence-corrected chi connectivity index (χ3v) is 5.93. The van der Waals surface area contributed by atoms with Crippen molar-refractivity contribution in [1.29, 1.82) is 0 Å². The second-order valence-electron chi connectivity index (χ2n) is 7.84. The Kier molecular flexibility index (Phi) is 4.92. The molecule has 3 rings (SSSR count). The molecule has 2 atom stereocenters. The minimum atomic E-state index is -0.821. The van der Waals surface area contributed by atoms with Crippen LogP contribution in [0.3, 0.4) is 0 Å². The van der Waals surface area contributed by atoms with Crippen molar-refractivity contribution in [1.82, 2.24) is 15.0 Å². The van der Waals surface area contributed by atoms with Crippen LogP contribution in [0.2, 0.25) is 0 Å². The third kappa shape index (κ3) is 3.20. The average Bonchev–Trinajstić information content (AvgIpc) is 2.99. The Morgan fingerprint density at radius 3 is 2.60 bits per heavy atom. The van der Waals surface area contributed by atoms with Gasteiger partial charge in [0.2, 0.25) is 5.91 Å². The zero-order chi connectivity index (χ0) is 18.2. The zero-order valence-corrected chi connectivity index (χ0v) is 15.7. The first-order chi connectivity index (χ1) is 11.8. The van der Waals surface area contributed by atoms with Crippen molar-refractivity contribution in [2.45, 2.75) is 52.3 Å². The van der Waals surface area contributed by atoms with Gasteiger partial charge in [-0.1, -0.05) is 19.0 Å². The molecule has 2 N–H and O–H groups in total. The Labute approximate surface area is 149 Å². The van der Waals surface area contributed by atoms with Gasteiger partial charge in [0.25, 0.3) is 0 Å².